The zero-order valence-electron chi connectivity index (χ0n) is 8.72. The molecule has 4 nitrogen and oxygen atoms in total. The molecule has 2 N–H and O–H groups in total. The van der Waals surface area contributed by atoms with E-state index in [1.807, 2.05) is 35.7 Å². The Kier molecular flexibility index (Phi) is 2.99. The average Bonchev–Trinajstić information content (AvgIpc) is 2.74. The third-order valence-electron chi connectivity index (χ3n) is 2.42. The summed E-state index contributed by atoms with van der Waals surface area (Å²) in [6, 6.07) is 6.12. The molecule has 0 bridgehead atoms. The molecule has 0 radical (unpaired) electrons. The van der Waals surface area contributed by atoms with Gasteiger partial charge in [0.25, 0.3) is 0 Å². The monoisotopic (exact) mass is 205 g/mol. The molecule has 0 aliphatic carbocycles. The van der Waals surface area contributed by atoms with Crippen LogP contribution in [0.1, 0.15) is 12.6 Å². The molecule has 2 rings (SSSR count). The van der Waals surface area contributed by atoms with Crippen LogP contribution in [0.15, 0.2) is 30.6 Å². The van der Waals surface area contributed by atoms with Crippen molar-refractivity contribution in [3.63, 3.8) is 0 Å². The molecule has 0 fully saturated rings. The summed E-state index contributed by atoms with van der Waals surface area (Å²) in [4.78, 5) is 4.21. The predicted octanol–water partition coefficient (Wildman–Crippen LogP) is 0.805. The van der Waals surface area contributed by atoms with Crippen LogP contribution in [-0.4, -0.2) is 27.1 Å². The fourth-order valence-corrected chi connectivity index (χ4v) is 1.49. The molecule has 0 saturated carbocycles. The summed E-state index contributed by atoms with van der Waals surface area (Å²) in [7, 11) is 0. The number of aliphatic hydroxyl groups excluding tert-OH is 1. The van der Waals surface area contributed by atoms with E-state index >= 15 is 0 Å². The number of aromatic nitrogens is 2. The lowest BCUT2D eigenvalue weighted by Crippen LogP contribution is -2.29. The molecule has 0 spiro atoms. The molecule has 1 atom stereocenters. The van der Waals surface area contributed by atoms with Gasteiger partial charge in [0, 0.05) is 30.7 Å². The zero-order valence-corrected chi connectivity index (χ0v) is 8.72. The van der Waals surface area contributed by atoms with E-state index in [1.54, 1.807) is 6.20 Å². The second-order valence-corrected chi connectivity index (χ2v) is 3.64. The van der Waals surface area contributed by atoms with E-state index in [0.29, 0.717) is 0 Å². The molecule has 4 heteroatoms. The number of fused-ring (bicyclic) bond motifs is 1. The van der Waals surface area contributed by atoms with Gasteiger partial charge >= 0.3 is 0 Å². The highest BCUT2D eigenvalue weighted by molar-refractivity contribution is 5.39. The maximum Gasteiger partial charge on any atom is 0.136 e. The highest BCUT2D eigenvalue weighted by Gasteiger charge is 2.02. The smallest absolute Gasteiger partial charge is 0.136 e. The second kappa shape index (κ2) is 4.42. The lowest BCUT2D eigenvalue weighted by Gasteiger charge is -2.11. The molecule has 80 valence electrons. The van der Waals surface area contributed by atoms with Crippen molar-refractivity contribution in [2.75, 3.05) is 6.61 Å². The Balaban J connectivity index is 2.17. The van der Waals surface area contributed by atoms with Gasteiger partial charge in [0.2, 0.25) is 0 Å². The van der Waals surface area contributed by atoms with Gasteiger partial charge in [-0.1, -0.05) is 6.07 Å². The van der Waals surface area contributed by atoms with Gasteiger partial charge in [0.1, 0.15) is 5.65 Å². The van der Waals surface area contributed by atoms with E-state index in [1.165, 1.54) is 0 Å². The first kappa shape index (κ1) is 10.1. The summed E-state index contributed by atoms with van der Waals surface area (Å²) in [6.07, 6.45) is 3.73. The van der Waals surface area contributed by atoms with Gasteiger partial charge in [0.15, 0.2) is 0 Å². The maximum absolute atomic E-state index is 8.90. The van der Waals surface area contributed by atoms with Crippen LogP contribution in [0, 0.1) is 0 Å². The number of rotatable bonds is 4. The normalized spacial score (nSPS) is 13.2. The van der Waals surface area contributed by atoms with Crippen LogP contribution in [0.3, 0.4) is 0 Å². The molecule has 2 heterocycles. The van der Waals surface area contributed by atoms with E-state index in [0.717, 1.165) is 17.9 Å². The van der Waals surface area contributed by atoms with Crippen molar-refractivity contribution in [1.29, 1.82) is 0 Å². The Labute approximate surface area is 88.6 Å². The zero-order chi connectivity index (χ0) is 10.7. The van der Waals surface area contributed by atoms with E-state index < -0.39 is 0 Å². The number of nitrogens with one attached hydrogen (secondary N) is 1. The van der Waals surface area contributed by atoms with Gasteiger partial charge in [0.05, 0.1) is 6.61 Å². The summed E-state index contributed by atoms with van der Waals surface area (Å²) in [5.41, 5.74) is 2.09. The second-order valence-electron chi connectivity index (χ2n) is 3.64. The van der Waals surface area contributed by atoms with Crippen molar-refractivity contribution < 1.29 is 5.11 Å². The molecule has 0 aliphatic heterocycles. The fourth-order valence-electron chi connectivity index (χ4n) is 1.49. The number of hydrogen-bond acceptors (Lipinski definition) is 3. The lowest BCUT2D eigenvalue weighted by atomic mass is 10.3. The largest absolute Gasteiger partial charge is 0.395 e. The molecule has 2 aromatic rings. The van der Waals surface area contributed by atoms with E-state index in [4.69, 9.17) is 5.11 Å². The molecule has 0 aromatic carbocycles. The van der Waals surface area contributed by atoms with E-state index in [-0.39, 0.29) is 12.6 Å². The van der Waals surface area contributed by atoms with Crippen molar-refractivity contribution >= 4 is 5.65 Å². The summed E-state index contributed by atoms with van der Waals surface area (Å²) >= 11 is 0. The van der Waals surface area contributed by atoms with Crippen LogP contribution in [0.4, 0.5) is 0 Å². The Morgan fingerprint density at radius 2 is 2.40 bits per heavy atom. The van der Waals surface area contributed by atoms with E-state index in [2.05, 4.69) is 10.3 Å². The fraction of sp³-hybridized carbons (Fsp3) is 0.364. The van der Waals surface area contributed by atoms with Gasteiger partial charge in [-0.3, -0.25) is 0 Å². The van der Waals surface area contributed by atoms with Crippen molar-refractivity contribution in [3.05, 3.63) is 36.3 Å². The molecule has 15 heavy (non-hydrogen) atoms. The third-order valence-corrected chi connectivity index (χ3v) is 2.42. The number of hydrogen-bond donors (Lipinski definition) is 2. The number of imidazole rings is 1. The van der Waals surface area contributed by atoms with Crippen molar-refractivity contribution in [1.82, 2.24) is 14.7 Å². The Bertz CT molecular complexity index is 438. The van der Waals surface area contributed by atoms with Gasteiger partial charge in [-0.15, -0.1) is 0 Å². The standard InChI is InChI=1S/C11H15N3O/c1-9(8-15)13-7-10-3-2-4-11-12-5-6-14(10)11/h2-6,9,13,15H,7-8H2,1H3/t9-/m0/s1. The van der Waals surface area contributed by atoms with Crippen molar-refractivity contribution in [3.8, 4) is 0 Å². The summed E-state index contributed by atoms with van der Waals surface area (Å²) in [6.45, 7) is 2.84. The lowest BCUT2D eigenvalue weighted by molar-refractivity contribution is 0.250. The average molecular weight is 205 g/mol. The minimum absolute atomic E-state index is 0.115. The Morgan fingerprint density at radius 3 is 3.20 bits per heavy atom. The summed E-state index contributed by atoms with van der Waals surface area (Å²) in [5.74, 6) is 0. The molecule has 0 saturated heterocycles. The minimum Gasteiger partial charge on any atom is -0.395 e. The number of pyridine rings is 1. The first-order chi connectivity index (χ1) is 7.31. The third kappa shape index (κ3) is 2.16. The van der Waals surface area contributed by atoms with Gasteiger partial charge < -0.3 is 14.8 Å². The molecule has 2 aromatic heterocycles. The molecule has 0 amide bonds. The Hall–Kier alpha value is -1.39. The van der Waals surface area contributed by atoms with Crippen LogP contribution >= 0.6 is 0 Å². The van der Waals surface area contributed by atoms with E-state index in [9.17, 15) is 0 Å². The van der Waals surface area contributed by atoms with Crippen LogP contribution in [0.2, 0.25) is 0 Å². The highest BCUT2D eigenvalue weighted by atomic mass is 16.3. The van der Waals surface area contributed by atoms with Gasteiger partial charge in [-0.25, -0.2) is 4.98 Å². The molecule has 0 aliphatic rings. The number of nitrogens with zero attached hydrogens (tertiary/aromatic N) is 2. The topological polar surface area (TPSA) is 49.6 Å². The minimum atomic E-state index is 0.115. The predicted molar refractivity (Wildman–Crippen MR) is 58.6 cm³/mol. The number of aliphatic hydroxyl groups is 1. The van der Waals surface area contributed by atoms with Crippen LogP contribution in [-0.2, 0) is 6.54 Å². The quantitative estimate of drug-likeness (QED) is 0.776. The van der Waals surface area contributed by atoms with Crippen molar-refractivity contribution in [2.24, 2.45) is 0 Å². The first-order valence-electron chi connectivity index (χ1n) is 5.06. The van der Waals surface area contributed by atoms with Gasteiger partial charge in [-0.05, 0) is 19.1 Å². The molecular weight excluding hydrogens is 190 g/mol. The SMILES string of the molecule is C[C@@H](CO)NCc1cccc2nccn12. The molecule has 0 unspecified atom stereocenters. The van der Waals surface area contributed by atoms with Crippen LogP contribution in [0.25, 0.3) is 5.65 Å². The van der Waals surface area contributed by atoms with Crippen molar-refractivity contribution in [2.45, 2.75) is 19.5 Å². The van der Waals surface area contributed by atoms with Crippen LogP contribution in [0.5, 0.6) is 0 Å². The highest BCUT2D eigenvalue weighted by Crippen LogP contribution is 2.05. The summed E-state index contributed by atoms with van der Waals surface area (Å²) in [5, 5.41) is 12.1. The summed E-state index contributed by atoms with van der Waals surface area (Å²) < 4.78 is 2.04. The first-order valence-corrected chi connectivity index (χ1v) is 5.06. The Morgan fingerprint density at radius 1 is 1.53 bits per heavy atom. The molecular formula is C11H15N3O. The van der Waals surface area contributed by atoms with Crippen LogP contribution < -0.4 is 5.32 Å². The maximum atomic E-state index is 8.90. The van der Waals surface area contributed by atoms with Gasteiger partial charge in [-0.2, -0.15) is 0 Å².